The largest absolute Gasteiger partial charge is 0.297 e. The van der Waals surface area contributed by atoms with Gasteiger partial charge < -0.3 is 0 Å². The van der Waals surface area contributed by atoms with E-state index >= 15 is 0 Å². The number of carbonyl (C=O) groups excluding carboxylic acids is 1. The average molecular weight is 352 g/mol. The van der Waals surface area contributed by atoms with Crippen LogP contribution in [0.4, 0.5) is 5.69 Å². The first-order chi connectivity index (χ1) is 10.9. The second kappa shape index (κ2) is 7.15. The van der Waals surface area contributed by atoms with Crippen molar-refractivity contribution in [2.24, 2.45) is 0 Å². The van der Waals surface area contributed by atoms with Crippen molar-refractivity contribution < 1.29 is 9.72 Å². The number of nitrogens with zero attached hydrogens (tertiary/aromatic N) is 4. The molecule has 9 nitrogen and oxygen atoms in total. The SMILES string of the molecule is CSc1nnc(C)n1NC(=S)NC(=O)c1ccccc1[N+](=O)[O-]. The van der Waals surface area contributed by atoms with Crippen LogP contribution in [-0.4, -0.2) is 37.1 Å². The summed E-state index contributed by atoms with van der Waals surface area (Å²) < 4.78 is 1.51. The zero-order valence-electron chi connectivity index (χ0n) is 12.1. The second-order valence-corrected chi connectivity index (χ2v) is 5.42. The van der Waals surface area contributed by atoms with Crippen molar-refractivity contribution in [1.29, 1.82) is 0 Å². The summed E-state index contributed by atoms with van der Waals surface area (Å²) in [5.74, 6) is -0.122. The van der Waals surface area contributed by atoms with E-state index in [-0.39, 0.29) is 16.4 Å². The van der Waals surface area contributed by atoms with Gasteiger partial charge in [0.2, 0.25) is 5.16 Å². The molecule has 1 amide bonds. The van der Waals surface area contributed by atoms with E-state index in [0.29, 0.717) is 11.0 Å². The summed E-state index contributed by atoms with van der Waals surface area (Å²) in [6, 6.07) is 5.62. The van der Waals surface area contributed by atoms with E-state index in [4.69, 9.17) is 12.2 Å². The Labute approximate surface area is 140 Å². The monoisotopic (exact) mass is 352 g/mol. The Balaban J connectivity index is 2.13. The highest BCUT2D eigenvalue weighted by Crippen LogP contribution is 2.17. The molecule has 0 fully saturated rings. The first-order valence-electron chi connectivity index (χ1n) is 6.25. The van der Waals surface area contributed by atoms with Gasteiger partial charge in [0.25, 0.3) is 11.6 Å². The average Bonchev–Trinajstić information content (AvgIpc) is 2.87. The summed E-state index contributed by atoms with van der Waals surface area (Å²) in [5.41, 5.74) is 2.39. The molecule has 0 atom stereocenters. The minimum absolute atomic E-state index is 0.0219. The van der Waals surface area contributed by atoms with Crippen LogP contribution in [0, 0.1) is 17.0 Å². The van der Waals surface area contributed by atoms with E-state index in [9.17, 15) is 14.9 Å². The van der Waals surface area contributed by atoms with Gasteiger partial charge in [-0.3, -0.25) is 25.7 Å². The van der Waals surface area contributed by atoms with Crippen LogP contribution >= 0.6 is 24.0 Å². The number of aryl methyl sites for hydroxylation is 1. The Kier molecular flexibility index (Phi) is 5.24. The van der Waals surface area contributed by atoms with Crippen molar-refractivity contribution in [3.8, 4) is 0 Å². The molecule has 0 unspecified atom stereocenters. The van der Waals surface area contributed by atoms with Gasteiger partial charge in [-0.25, -0.2) is 4.68 Å². The van der Waals surface area contributed by atoms with E-state index in [1.54, 1.807) is 6.92 Å². The first-order valence-corrected chi connectivity index (χ1v) is 7.89. The van der Waals surface area contributed by atoms with Crippen LogP contribution in [0.15, 0.2) is 29.4 Å². The van der Waals surface area contributed by atoms with Gasteiger partial charge in [-0.1, -0.05) is 23.9 Å². The van der Waals surface area contributed by atoms with Crippen molar-refractivity contribution in [1.82, 2.24) is 20.2 Å². The number of aromatic nitrogens is 3. The number of hydrogen-bond donors (Lipinski definition) is 2. The van der Waals surface area contributed by atoms with E-state index < -0.39 is 10.8 Å². The fourth-order valence-electron chi connectivity index (χ4n) is 1.73. The third kappa shape index (κ3) is 3.81. The molecular weight excluding hydrogens is 340 g/mol. The molecule has 11 heteroatoms. The van der Waals surface area contributed by atoms with Gasteiger partial charge in [-0.05, 0) is 31.5 Å². The minimum Gasteiger partial charge on any atom is -0.297 e. The Morgan fingerprint density at radius 1 is 1.39 bits per heavy atom. The van der Waals surface area contributed by atoms with Gasteiger partial charge in [-0.15, -0.1) is 10.2 Å². The molecule has 0 saturated heterocycles. The predicted octanol–water partition coefficient (Wildman–Crippen LogP) is 1.48. The lowest BCUT2D eigenvalue weighted by molar-refractivity contribution is -0.385. The normalized spacial score (nSPS) is 10.2. The van der Waals surface area contributed by atoms with Crippen molar-refractivity contribution in [3.05, 3.63) is 45.8 Å². The first kappa shape index (κ1) is 16.8. The van der Waals surface area contributed by atoms with Crippen LogP contribution in [-0.2, 0) is 0 Å². The molecule has 0 aliphatic heterocycles. The van der Waals surface area contributed by atoms with E-state index in [2.05, 4.69) is 20.9 Å². The summed E-state index contributed by atoms with van der Waals surface area (Å²) in [4.78, 5) is 22.5. The molecule has 0 radical (unpaired) electrons. The summed E-state index contributed by atoms with van der Waals surface area (Å²) >= 11 is 6.40. The molecule has 1 heterocycles. The number of carbonyl (C=O) groups is 1. The maximum Gasteiger partial charge on any atom is 0.282 e. The van der Waals surface area contributed by atoms with Gasteiger partial charge in [0.1, 0.15) is 11.4 Å². The Bertz CT molecular complexity index is 776. The highest BCUT2D eigenvalue weighted by molar-refractivity contribution is 7.98. The van der Waals surface area contributed by atoms with Crippen molar-refractivity contribution in [3.63, 3.8) is 0 Å². The highest BCUT2D eigenvalue weighted by Gasteiger charge is 2.20. The lowest BCUT2D eigenvalue weighted by atomic mass is 10.1. The summed E-state index contributed by atoms with van der Waals surface area (Å²) in [6.45, 7) is 1.71. The number of para-hydroxylation sites is 1. The van der Waals surface area contributed by atoms with Crippen LogP contribution in [0.5, 0.6) is 0 Å². The Morgan fingerprint density at radius 2 is 2.09 bits per heavy atom. The maximum atomic E-state index is 12.2. The van der Waals surface area contributed by atoms with Gasteiger partial charge in [0.15, 0.2) is 5.11 Å². The number of thiocarbonyl (C=S) groups is 1. The molecule has 0 aliphatic rings. The van der Waals surface area contributed by atoms with Gasteiger partial charge in [0.05, 0.1) is 4.92 Å². The smallest absolute Gasteiger partial charge is 0.282 e. The molecule has 120 valence electrons. The molecule has 23 heavy (non-hydrogen) atoms. The molecule has 2 aromatic rings. The molecule has 0 aliphatic carbocycles. The number of rotatable bonds is 4. The zero-order chi connectivity index (χ0) is 17.0. The molecule has 2 N–H and O–H groups in total. The van der Waals surface area contributed by atoms with Crippen molar-refractivity contribution in [2.45, 2.75) is 12.1 Å². The fraction of sp³-hybridized carbons (Fsp3) is 0.167. The Morgan fingerprint density at radius 3 is 2.74 bits per heavy atom. The number of nitro groups is 1. The van der Waals surface area contributed by atoms with E-state index in [0.717, 1.165) is 0 Å². The van der Waals surface area contributed by atoms with E-state index in [1.165, 1.54) is 40.7 Å². The molecule has 0 bridgehead atoms. The molecular formula is C12H12N6O3S2. The number of hydrogen-bond acceptors (Lipinski definition) is 7. The lowest BCUT2D eigenvalue weighted by Gasteiger charge is -2.12. The van der Waals surface area contributed by atoms with Crippen molar-refractivity contribution >= 4 is 40.7 Å². The van der Waals surface area contributed by atoms with Gasteiger partial charge in [0, 0.05) is 6.07 Å². The van der Waals surface area contributed by atoms with Crippen LogP contribution in [0.1, 0.15) is 16.2 Å². The zero-order valence-corrected chi connectivity index (χ0v) is 13.8. The molecule has 0 spiro atoms. The quantitative estimate of drug-likeness (QED) is 0.368. The second-order valence-electron chi connectivity index (χ2n) is 4.24. The molecule has 0 saturated carbocycles. The molecule has 1 aromatic heterocycles. The number of amides is 1. The predicted molar refractivity (Wildman–Crippen MR) is 89.1 cm³/mol. The Hall–Kier alpha value is -2.53. The van der Waals surface area contributed by atoms with Crippen LogP contribution in [0.2, 0.25) is 0 Å². The molecule has 2 rings (SSSR count). The van der Waals surface area contributed by atoms with Gasteiger partial charge in [-0.2, -0.15) is 0 Å². The highest BCUT2D eigenvalue weighted by atomic mass is 32.2. The van der Waals surface area contributed by atoms with Crippen LogP contribution in [0.3, 0.4) is 0 Å². The lowest BCUT2D eigenvalue weighted by Crippen LogP contribution is -2.38. The summed E-state index contributed by atoms with van der Waals surface area (Å²) in [5, 5.41) is 21.7. The third-order valence-corrected chi connectivity index (χ3v) is 3.59. The van der Waals surface area contributed by atoms with Crippen LogP contribution in [0.25, 0.3) is 0 Å². The molecule has 1 aromatic carbocycles. The topological polar surface area (TPSA) is 115 Å². The number of nitrogens with one attached hydrogen (secondary N) is 2. The minimum atomic E-state index is -0.675. The van der Waals surface area contributed by atoms with Gasteiger partial charge >= 0.3 is 0 Å². The maximum absolute atomic E-state index is 12.2. The third-order valence-electron chi connectivity index (χ3n) is 2.76. The van der Waals surface area contributed by atoms with E-state index in [1.807, 2.05) is 6.26 Å². The number of thioether (sulfide) groups is 1. The van der Waals surface area contributed by atoms with Crippen LogP contribution < -0.4 is 10.7 Å². The summed E-state index contributed by atoms with van der Waals surface area (Å²) in [7, 11) is 0. The van der Waals surface area contributed by atoms with Crippen molar-refractivity contribution in [2.75, 3.05) is 11.7 Å². The standard InChI is InChI=1S/C12H12N6O3S2/c1-7-14-15-12(23-2)17(7)16-11(22)13-10(19)8-5-3-4-6-9(8)18(20)21/h3-6H,1-2H3,(H2,13,16,19,22). The fourth-order valence-corrected chi connectivity index (χ4v) is 2.40. The number of nitro benzene ring substituents is 1. The summed E-state index contributed by atoms with van der Waals surface area (Å²) in [6.07, 6.45) is 1.82. The number of benzene rings is 1.